The van der Waals surface area contributed by atoms with E-state index in [1.165, 1.54) is 24.3 Å². The number of hydrogen-bond acceptors (Lipinski definition) is 10. The summed E-state index contributed by atoms with van der Waals surface area (Å²) < 4.78 is 15.9. The Bertz CT molecular complexity index is 1230. The lowest BCUT2D eigenvalue weighted by atomic mass is 9.99. The highest BCUT2D eigenvalue weighted by Gasteiger charge is 2.48. The Morgan fingerprint density at radius 3 is 2.38 bits per heavy atom. The van der Waals surface area contributed by atoms with E-state index in [9.17, 15) is 35.1 Å². The first kappa shape index (κ1) is 21.6. The molecule has 6 N–H and O–H groups in total. The molecule has 1 aromatic heterocycles. The van der Waals surface area contributed by atoms with Crippen LogP contribution >= 0.6 is 0 Å². The number of rotatable bonds is 4. The number of phenolic OH excluding ortho intramolecular Hbond substituents is 1. The van der Waals surface area contributed by atoms with Gasteiger partial charge in [0.25, 0.3) is 0 Å². The van der Waals surface area contributed by atoms with Crippen LogP contribution in [0.25, 0.3) is 22.3 Å². The third-order valence-electron chi connectivity index (χ3n) is 5.05. The molecular weight excluding hydrogens is 428 g/mol. The summed E-state index contributed by atoms with van der Waals surface area (Å²) in [5.74, 6) is -3.24. The van der Waals surface area contributed by atoms with Crippen LogP contribution in [0.5, 0.6) is 17.2 Å². The molecule has 0 bridgehead atoms. The minimum atomic E-state index is -1.89. The third kappa shape index (κ3) is 3.63. The van der Waals surface area contributed by atoms with Gasteiger partial charge in [-0.25, -0.2) is 4.79 Å². The van der Waals surface area contributed by atoms with Gasteiger partial charge in [-0.3, -0.25) is 4.79 Å². The molecule has 1 aliphatic heterocycles. The number of aromatic hydroxyl groups is 2. The number of para-hydroxylation sites is 1. The Balaban J connectivity index is 1.65. The first-order chi connectivity index (χ1) is 15.2. The molecule has 1 saturated heterocycles. The lowest BCUT2D eigenvalue weighted by Gasteiger charge is -2.38. The number of benzene rings is 2. The zero-order valence-electron chi connectivity index (χ0n) is 16.2. The lowest BCUT2D eigenvalue weighted by molar-refractivity contribution is -0.271. The van der Waals surface area contributed by atoms with Crippen LogP contribution in [0.15, 0.2) is 51.7 Å². The number of aliphatic hydroxyl groups excluding tert-OH is 3. The van der Waals surface area contributed by atoms with Gasteiger partial charge in [-0.15, -0.1) is 0 Å². The molecule has 32 heavy (non-hydrogen) atoms. The smallest absolute Gasteiger partial charge is 0.335 e. The van der Waals surface area contributed by atoms with Crippen LogP contribution in [0.3, 0.4) is 0 Å². The van der Waals surface area contributed by atoms with E-state index in [-0.39, 0.29) is 28.0 Å². The van der Waals surface area contributed by atoms with E-state index < -0.39 is 53.6 Å². The maximum absolute atomic E-state index is 12.4. The fourth-order valence-electron chi connectivity index (χ4n) is 3.36. The van der Waals surface area contributed by atoms with Gasteiger partial charge in [-0.1, -0.05) is 12.1 Å². The molecule has 5 atom stereocenters. The molecule has 4 rings (SSSR count). The molecule has 2 heterocycles. The van der Waals surface area contributed by atoms with Crippen LogP contribution in [0.4, 0.5) is 0 Å². The first-order valence-corrected chi connectivity index (χ1v) is 9.36. The Morgan fingerprint density at radius 1 is 0.969 bits per heavy atom. The predicted molar refractivity (Wildman–Crippen MR) is 106 cm³/mol. The number of fused-ring (bicyclic) bond motifs is 1. The summed E-state index contributed by atoms with van der Waals surface area (Å²) in [7, 11) is 0. The Labute approximate surface area is 178 Å². The van der Waals surface area contributed by atoms with Crippen molar-refractivity contribution in [2.24, 2.45) is 0 Å². The molecular formula is C21H18O11. The minimum absolute atomic E-state index is 0.124. The highest BCUT2D eigenvalue weighted by Crippen LogP contribution is 2.37. The van der Waals surface area contributed by atoms with Gasteiger partial charge < -0.3 is 44.5 Å². The van der Waals surface area contributed by atoms with E-state index in [4.69, 9.17) is 19.0 Å². The van der Waals surface area contributed by atoms with Crippen molar-refractivity contribution < 1.29 is 49.3 Å². The van der Waals surface area contributed by atoms with Crippen molar-refractivity contribution in [3.05, 3.63) is 52.7 Å². The number of ether oxygens (including phenoxy) is 2. The van der Waals surface area contributed by atoms with E-state index >= 15 is 0 Å². The van der Waals surface area contributed by atoms with Crippen molar-refractivity contribution in [2.75, 3.05) is 0 Å². The van der Waals surface area contributed by atoms with Gasteiger partial charge in [0, 0.05) is 5.56 Å². The molecule has 0 spiro atoms. The van der Waals surface area contributed by atoms with Gasteiger partial charge in [-0.2, -0.15) is 0 Å². The molecule has 2 aromatic carbocycles. The molecule has 1 fully saturated rings. The van der Waals surface area contributed by atoms with Crippen molar-refractivity contribution >= 4 is 16.9 Å². The molecule has 0 radical (unpaired) electrons. The quantitative estimate of drug-likeness (QED) is 0.320. The van der Waals surface area contributed by atoms with Crippen molar-refractivity contribution in [3.8, 4) is 28.6 Å². The molecule has 0 amide bonds. The van der Waals surface area contributed by atoms with Crippen LogP contribution in [-0.4, -0.2) is 67.3 Å². The standard InChI is InChI=1S/C21H18O11/c22-10-7-8(18-15(25)13(23)9-3-1-2-4-11(9)30-18)5-6-12(10)31-21-17(27)14(24)16(26)19(32-21)20(28)29/h1-7,14,16-17,19,21-22,24-27H,(H,28,29)/t14-,16-,17+,19-,21+/m1/s1. The first-order valence-electron chi connectivity index (χ1n) is 9.36. The molecule has 11 heteroatoms. The van der Waals surface area contributed by atoms with E-state index in [2.05, 4.69) is 0 Å². The highest BCUT2D eigenvalue weighted by atomic mass is 16.7. The van der Waals surface area contributed by atoms with Crippen LogP contribution in [-0.2, 0) is 9.53 Å². The zero-order chi connectivity index (χ0) is 23.2. The minimum Gasteiger partial charge on any atom is -0.504 e. The summed E-state index contributed by atoms with van der Waals surface area (Å²) >= 11 is 0. The summed E-state index contributed by atoms with van der Waals surface area (Å²) in [6, 6.07) is 9.92. The average molecular weight is 446 g/mol. The zero-order valence-corrected chi connectivity index (χ0v) is 16.2. The molecule has 1 aliphatic rings. The van der Waals surface area contributed by atoms with Crippen LogP contribution in [0.1, 0.15) is 0 Å². The maximum atomic E-state index is 12.4. The van der Waals surface area contributed by atoms with E-state index in [1.54, 1.807) is 12.1 Å². The summed E-state index contributed by atoms with van der Waals surface area (Å²) in [5, 5.41) is 59.5. The van der Waals surface area contributed by atoms with Crippen LogP contribution < -0.4 is 10.2 Å². The second kappa shape index (κ2) is 8.13. The molecule has 0 unspecified atom stereocenters. The van der Waals surface area contributed by atoms with Gasteiger partial charge in [0.05, 0.1) is 5.39 Å². The summed E-state index contributed by atoms with van der Waals surface area (Å²) in [5.41, 5.74) is -0.317. The van der Waals surface area contributed by atoms with Crippen molar-refractivity contribution in [3.63, 3.8) is 0 Å². The van der Waals surface area contributed by atoms with Gasteiger partial charge in [0.2, 0.25) is 17.5 Å². The normalized spacial score (nSPS) is 25.5. The summed E-state index contributed by atoms with van der Waals surface area (Å²) in [6.45, 7) is 0. The van der Waals surface area contributed by atoms with Crippen molar-refractivity contribution in [1.82, 2.24) is 0 Å². The summed E-state index contributed by atoms with van der Waals surface area (Å²) in [6.07, 6.45) is -9.18. The highest BCUT2D eigenvalue weighted by molar-refractivity contribution is 5.82. The molecule has 11 nitrogen and oxygen atoms in total. The van der Waals surface area contributed by atoms with Gasteiger partial charge in [0.15, 0.2) is 23.4 Å². The predicted octanol–water partition coefficient (Wildman–Crippen LogP) is 0.142. The second-order valence-electron chi connectivity index (χ2n) is 7.14. The number of hydrogen-bond donors (Lipinski definition) is 6. The SMILES string of the molecule is O=C(O)[C@@H]1O[C@H](Oc2ccc(-c3oc4ccccc4c(=O)c3O)cc2O)[C@@H](O)[C@H](O)[C@H]1O. The molecule has 3 aromatic rings. The van der Waals surface area contributed by atoms with Crippen molar-refractivity contribution in [1.29, 1.82) is 0 Å². The van der Waals surface area contributed by atoms with E-state index in [0.29, 0.717) is 0 Å². The van der Waals surface area contributed by atoms with Crippen LogP contribution in [0.2, 0.25) is 0 Å². The average Bonchev–Trinajstić information content (AvgIpc) is 2.77. The Morgan fingerprint density at radius 2 is 1.69 bits per heavy atom. The van der Waals surface area contributed by atoms with Crippen LogP contribution in [0, 0.1) is 0 Å². The fourth-order valence-corrected chi connectivity index (χ4v) is 3.36. The van der Waals surface area contributed by atoms with Gasteiger partial charge in [0.1, 0.15) is 23.9 Å². The van der Waals surface area contributed by atoms with E-state index in [1.807, 2.05) is 0 Å². The fraction of sp³-hybridized carbons (Fsp3) is 0.238. The number of carboxylic acid groups (broad SMARTS) is 1. The largest absolute Gasteiger partial charge is 0.504 e. The topological polar surface area (TPSA) is 187 Å². The number of carboxylic acids is 1. The third-order valence-corrected chi connectivity index (χ3v) is 5.05. The number of aliphatic hydroxyl groups is 3. The number of carbonyl (C=O) groups is 1. The summed E-state index contributed by atoms with van der Waals surface area (Å²) in [4.78, 5) is 23.6. The van der Waals surface area contributed by atoms with Crippen molar-refractivity contribution in [2.45, 2.75) is 30.7 Å². The molecule has 0 saturated carbocycles. The van der Waals surface area contributed by atoms with Gasteiger partial charge >= 0.3 is 5.97 Å². The molecule has 0 aliphatic carbocycles. The molecule has 168 valence electrons. The number of phenols is 1. The van der Waals surface area contributed by atoms with E-state index in [0.717, 1.165) is 6.07 Å². The Kier molecular flexibility index (Phi) is 5.48. The monoisotopic (exact) mass is 446 g/mol. The Hall–Kier alpha value is -3.64. The maximum Gasteiger partial charge on any atom is 0.335 e. The number of aliphatic carboxylic acids is 1. The second-order valence-corrected chi connectivity index (χ2v) is 7.14. The lowest BCUT2D eigenvalue weighted by Crippen LogP contribution is -2.61. The van der Waals surface area contributed by atoms with Gasteiger partial charge in [-0.05, 0) is 30.3 Å².